The quantitative estimate of drug-likeness (QED) is 0.831. The number of nitrogen functional groups attached to an aromatic ring is 1. The second-order valence-electron chi connectivity index (χ2n) is 4.63. The number of hydrogen-bond acceptors (Lipinski definition) is 3. The number of anilines is 1. The summed E-state index contributed by atoms with van der Waals surface area (Å²) in [6.07, 6.45) is 3.88. The number of amides is 1. The Kier molecular flexibility index (Phi) is 2.63. The van der Waals surface area contributed by atoms with Crippen LogP contribution in [0.3, 0.4) is 0 Å². The highest BCUT2D eigenvalue weighted by Gasteiger charge is 2.19. The normalized spacial score (nSPS) is 15.2. The van der Waals surface area contributed by atoms with Crippen LogP contribution in [0.5, 0.6) is 0 Å². The Balaban J connectivity index is 2.00. The summed E-state index contributed by atoms with van der Waals surface area (Å²) in [5.74, 6) is 0.623. The molecule has 1 aromatic heterocycles. The summed E-state index contributed by atoms with van der Waals surface area (Å²) in [5, 5.41) is 1.86. The highest BCUT2D eigenvalue weighted by atomic mass is 16.2. The number of likely N-dealkylation sites (tertiary alicyclic amines) is 1. The van der Waals surface area contributed by atoms with Gasteiger partial charge in [0.1, 0.15) is 5.82 Å². The van der Waals surface area contributed by atoms with E-state index in [-0.39, 0.29) is 5.91 Å². The molecule has 1 aliphatic rings. The van der Waals surface area contributed by atoms with Gasteiger partial charge in [-0.15, -0.1) is 0 Å². The lowest BCUT2D eigenvalue weighted by Crippen LogP contribution is -2.27. The fraction of sp³-hybridized carbons (Fsp3) is 0.286. The number of carbonyl (C=O) groups excluding carboxylic acids is 1. The summed E-state index contributed by atoms with van der Waals surface area (Å²) < 4.78 is 0. The number of aromatic nitrogens is 1. The van der Waals surface area contributed by atoms with Gasteiger partial charge in [0.05, 0.1) is 0 Å². The molecule has 0 bridgehead atoms. The fourth-order valence-corrected chi connectivity index (χ4v) is 2.44. The molecule has 0 saturated carbocycles. The molecule has 92 valence electrons. The van der Waals surface area contributed by atoms with E-state index in [1.165, 1.54) is 0 Å². The SMILES string of the molecule is Nc1nccc2cc(C(=O)N3CCCC3)ccc12. The zero-order valence-electron chi connectivity index (χ0n) is 10.1. The van der Waals surface area contributed by atoms with Gasteiger partial charge in [0.25, 0.3) is 5.91 Å². The highest BCUT2D eigenvalue weighted by molar-refractivity contribution is 6.00. The van der Waals surface area contributed by atoms with Crippen molar-refractivity contribution >= 4 is 22.5 Å². The molecule has 1 aromatic carbocycles. The van der Waals surface area contributed by atoms with Crippen LogP contribution >= 0.6 is 0 Å². The molecule has 2 aromatic rings. The molecule has 4 nitrogen and oxygen atoms in total. The van der Waals surface area contributed by atoms with Crippen LogP contribution in [0, 0.1) is 0 Å². The molecule has 2 heterocycles. The maximum absolute atomic E-state index is 12.3. The Hall–Kier alpha value is -2.10. The van der Waals surface area contributed by atoms with Crippen molar-refractivity contribution in [1.29, 1.82) is 0 Å². The Bertz CT molecular complexity index is 603. The summed E-state index contributed by atoms with van der Waals surface area (Å²) in [4.78, 5) is 18.2. The van der Waals surface area contributed by atoms with Gasteiger partial charge in [-0.05, 0) is 42.5 Å². The van der Waals surface area contributed by atoms with Crippen molar-refractivity contribution in [2.24, 2.45) is 0 Å². The van der Waals surface area contributed by atoms with Gasteiger partial charge in [0.2, 0.25) is 0 Å². The summed E-state index contributed by atoms with van der Waals surface area (Å²) in [7, 11) is 0. The lowest BCUT2D eigenvalue weighted by Gasteiger charge is -2.15. The van der Waals surface area contributed by atoms with E-state index in [0.29, 0.717) is 5.82 Å². The monoisotopic (exact) mass is 241 g/mol. The molecule has 0 unspecified atom stereocenters. The van der Waals surface area contributed by atoms with Gasteiger partial charge in [-0.3, -0.25) is 4.79 Å². The van der Waals surface area contributed by atoms with Crippen molar-refractivity contribution in [1.82, 2.24) is 9.88 Å². The van der Waals surface area contributed by atoms with E-state index in [1.54, 1.807) is 6.20 Å². The summed E-state index contributed by atoms with van der Waals surface area (Å²) in [6.45, 7) is 1.74. The van der Waals surface area contributed by atoms with Crippen LogP contribution in [0.25, 0.3) is 10.8 Å². The minimum absolute atomic E-state index is 0.116. The summed E-state index contributed by atoms with van der Waals surface area (Å²) in [5.41, 5.74) is 6.53. The number of fused-ring (bicyclic) bond motifs is 1. The summed E-state index contributed by atoms with van der Waals surface area (Å²) in [6, 6.07) is 7.49. The molecule has 0 aliphatic carbocycles. The van der Waals surface area contributed by atoms with Crippen molar-refractivity contribution in [3.05, 3.63) is 36.0 Å². The molecule has 1 amide bonds. The van der Waals surface area contributed by atoms with Crippen LogP contribution in [-0.4, -0.2) is 28.9 Å². The first-order valence-electron chi connectivity index (χ1n) is 6.19. The standard InChI is InChI=1S/C14H15N3O/c15-13-12-4-3-11(9-10(12)5-6-16-13)14(18)17-7-1-2-8-17/h3-6,9H,1-2,7-8H2,(H2,15,16). The van der Waals surface area contributed by atoms with Crippen LogP contribution in [0.15, 0.2) is 30.5 Å². The zero-order chi connectivity index (χ0) is 12.5. The molecular weight excluding hydrogens is 226 g/mol. The Morgan fingerprint density at radius 1 is 1.22 bits per heavy atom. The average Bonchev–Trinajstić information content (AvgIpc) is 2.91. The fourth-order valence-electron chi connectivity index (χ4n) is 2.44. The third-order valence-electron chi connectivity index (χ3n) is 3.44. The molecule has 0 atom stereocenters. The molecule has 0 radical (unpaired) electrons. The molecule has 0 spiro atoms. The van der Waals surface area contributed by atoms with E-state index >= 15 is 0 Å². The van der Waals surface area contributed by atoms with Crippen molar-refractivity contribution in [3.8, 4) is 0 Å². The largest absolute Gasteiger partial charge is 0.383 e. The van der Waals surface area contributed by atoms with Crippen molar-refractivity contribution < 1.29 is 4.79 Å². The first-order valence-corrected chi connectivity index (χ1v) is 6.19. The van der Waals surface area contributed by atoms with Gasteiger partial charge in [-0.1, -0.05) is 0 Å². The molecule has 3 rings (SSSR count). The zero-order valence-corrected chi connectivity index (χ0v) is 10.1. The third-order valence-corrected chi connectivity index (χ3v) is 3.44. The van der Waals surface area contributed by atoms with E-state index < -0.39 is 0 Å². The van der Waals surface area contributed by atoms with Crippen LogP contribution in [-0.2, 0) is 0 Å². The number of hydrogen-bond donors (Lipinski definition) is 1. The van der Waals surface area contributed by atoms with E-state index in [2.05, 4.69) is 4.98 Å². The Labute approximate surface area is 105 Å². The molecule has 2 N–H and O–H groups in total. The number of pyridine rings is 1. The molecule has 1 fully saturated rings. The van der Waals surface area contributed by atoms with Crippen molar-refractivity contribution in [2.45, 2.75) is 12.8 Å². The van der Waals surface area contributed by atoms with Crippen molar-refractivity contribution in [3.63, 3.8) is 0 Å². The van der Waals surface area contributed by atoms with Gasteiger partial charge in [0.15, 0.2) is 0 Å². The van der Waals surface area contributed by atoms with Gasteiger partial charge < -0.3 is 10.6 Å². The van der Waals surface area contributed by atoms with Gasteiger partial charge in [-0.2, -0.15) is 0 Å². The van der Waals surface area contributed by atoms with E-state index in [4.69, 9.17) is 5.73 Å². The molecule has 4 heteroatoms. The van der Waals surface area contributed by atoms with Gasteiger partial charge in [0, 0.05) is 30.2 Å². The second kappa shape index (κ2) is 4.29. The van der Waals surface area contributed by atoms with Crippen LogP contribution in [0.4, 0.5) is 5.82 Å². The minimum Gasteiger partial charge on any atom is -0.383 e. The Morgan fingerprint density at radius 2 is 2.00 bits per heavy atom. The molecule has 1 saturated heterocycles. The average molecular weight is 241 g/mol. The third kappa shape index (κ3) is 1.79. The highest BCUT2D eigenvalue weighted by Crippen LogP contribution is 2.21. The lowest BCUT2D eigenvalue weighted by atomic mass is 10.1. The molecule has 1 aliphatic heterocycles. The van der Waals surface area contributed by atoms with Gasteiger partial charge in [-0.25, -0.2) is 4.98 Å². The number of carbonyl (C=O) groups is 1. The number of benzene rings is 1. The summed E-state index contributed by atoms with van der Waals surface area (Å²) >= 11 is 0. The smallest absolute Gasteiger partial charge is 0.253 e. The number of nitrogens with two attached hydrogens (primary N) is 1. The predicted molar refractivity (Wildman–Crippen MR) is 71.3 cm³/mol. The van der Waals surface area contributed by atoms with E-state index in [0.717, 1.165) is 42.3 Å². The van der Waals surface area contributed by atoms with E-state index in [1.807, 2.05) is 29.2 Å². The van der Waals surface area contributed by atoms with Crippen LogP contribution < -0.4 is 5.73 Å². The topological polar surface area (TPSA) is 59.2 Å². The first-order chi connectivity index (χ1) is 8.75. The van der Waals surface area contributed by atoms with Crippen molar-refractivity contribution in [2.75, 3.05) is 18.8 Å². The Morgan fingerprint density at radius 3 is 2.78 bits per heavy atom. The number of rotatable bonds is 1. The van der Waals surface area contributed by atoms with Gasteiger partial charge >= 0.3 is 0 Å². The van der Waals surface area contributed by atoms with Crippen LogP contribution in [0.2, 0.25) is 0 Å². The maximum atomic E-state index is 12.3. The first kappa shape index (κ1) is 11.0. The lowest BCUT2D eigenvalue weighted by molar-refractivity contribution is 0.0793. The van der Waals surface area contributed by atoms with Crippen LogP contribution in [0.1, 0.15) is 23.2 Å². The van der Waals surface area contributed by atoms with E-state index in [9.17, 15) is 4.79 Å². The predicted octanol–water partition coefficient (Wildman–Crippen LogP) is 2.05. The molecule has 18 heavy (non-hydrogen) atoms. The molecular formula is C14H15N3O. The maximum Gasteiger partial charge on any atom is 0.253 e. The second-order valence-corrected chi connectivity index (χ2v) is 4.63. The minimum atomic E-state index is 0.116. The number of nitrogens with zero attached hydrogens (tertiary/aromatic N) is 2.